The SMILES string of the molecule is ClCc1nnc(-c2ncccc2Br)o1. The summed E-state index contributed by atoms with van der Waals surface area (Å²) in [4.78, 5) is 4.11. The second-order valence-electron chi connectivity index (χ2n) is 2.47. The van der Waals surface area contributed by atoms with Crippen LogP contribution in [0.2, 0.25) is 0 Å². The molecule has 0 radical (unpaired) electrons. The second-order valence-corrected chi connectivity index (χ2v) is 3.59. The van der Waals surface area contributed by atoms with E-state index in [1.54, 1.807) is 6.20 Å². The summed E-state index contributed by atoms with van der Waals surface area (Å²) in [7, 11) is 0. The van der Waals surface area contributed by atoms with Gasteiger partial charge in [-0.1, -0.05) is 0 Å². The minimum Gasteiger partial charge on any atom is -0.418 e. The van der Waals surface area contributed by atoms with Crippen molar-refractivity contribution in [3.8, 4) is 11.6 Å². The molecule has 0 amide bonds. The van der Waals surface area contributed by atoms with Crippen LogP contribution in [0.15, 0.2) is 27.2 Å². The molecule has 0 aliphatic rings. The fraction of sp³-hybridized carbons (Fsp3) is 0.125. The first-order valence-electron chi connectivity index (χ1n) is 3.80. The van der Waals surface area contributed by atoms with Crippen LogP contribution in [0.25, 0.3) is 11.6 Å². The molecule has 2 aromatic rings. The normalized spacial score (nSPS) is 10.4. The van der Waals surface area contributed by atoms with E-state index in [0.29, 0.717) is 17.5 Å². The number of alkyl halides is 1. The van der Waals surface area contributed by atoms with E-state index in [1.165, 1.54) is 0 Å². The van der Waals surface area contributed by atoms with Crippen molar-refractivity contribution in [3.63, 3.8) is 0 Å². The Morgan fingerprint density at radius 2 is 2.29 bits per heavy atom. The summed E-state index contributed by atoms with van der Waals surface area (Å²) in [5, 5.41) is 7.57. The third-order valence-corrected chi connectivity index (χ3v) is 2.41. The average molecular weight is 275 g/mol. The molecule has 6 heteroatoms. The minimum absolute atomic E-state index is 0.206. The maximum absolute atomic E-state index is 5.54. The number of nitrogens with zero attached hydrogens (tertiary/aromatic N) is 3. The van der Waals surface area contributed by atoms with Gasteiger partial charge in [0.05, 0.1) is 0 Å². The van der Waals surface area contributed by atoms with Crippen molar-refractivity contribution in [2.45, 2.75) is 5.88 Å². The first kappa shape index (κ1) is 9.61. The van der Waals surface area contributed by atoms with E-state index in [-0.39, 0.29) is 5.88 Å². The highest BCUT2D eigenvalue weighted by Gasteiger charge is 2.11. The van der Waals surface area contributed by atoms with Crippen LogP contribution in [0.4, 0.5) is 0 Å². The lowest BCUT2D eigenvalue weighted by molar-refractivity contribution is 0.525. The van der Waals surface area contributed by atoms with Crippen molar-refractivity contribution in [1.29, 1.82) is 0 Å². The predicted molar refractivity (Wildman–Crippen MR) is 54.8 cm³/mol. The molecule has 4 nitrogen and oxygen atoms in total. The van der Waals surface area contributed by atoms with Gasteiger partial charge in [0.2, 0.25) is 5.89 Å². The molecule has 0 fully saturated rings. The topological polar surface area (TPSA) is 51.8 Å². The van der Waals surface area contributed by atoms with E-state index >= 15 is 0 Å². The van der Waals surface area contributed by atoms with Crippen LogP contribution < -0.4 is 0 Å². The number of hydrogen-bond donors (Lipinski definition) is 0. The van der Waals surface area contributed by atoms with Gasteiger partial charge in [-0.15, -0.1) is 21.8 Å². The van der Waals surface area contributed by atoms with Crippen LogP contribution in [-0.2, 0) is 5.88 Å². The smallest absolute Gasteiger partial charge is 0.267 e. The zero-order chi connectivity index (χ0) is 9.97. The largest absolute Gasteiger partial charge is 0.418 e. The van der Waals surface area contributed by atoms with E-state index in [4.69, 9.17) is 16.0 Å². The molecular formula is C8H5BrClN3O. The van der Waals surface area contributed by atoms with Crippen LogP contribution >= 0.6 is 27.5 Å². The third kappa shape index (κ3) is 1.78. The van der Waals surface area contributed by atoms with Crippen LogP contribution in [0.1, 0.15) is 5.89 Å². The summed E-state index contributed by atoms with van der Waals surface area (Å²) in [6.45, 7) is 0. The predicted octanol–water partition coefficient (Wildman–Crippen LogP) is 2.63. The molecule has 2 rings (SSSR count). The second kappa shape index (κ2) is 4.06. The Labute approximate surface area is 93.4 Å². The van der Waals surface area contributed by atoms with E-state index in [0.717, 1.165) is 4.47 Å². The fourth-order valence-electron chi connectivity index (χ4n) is 0.946. The van der Waals surface area contributed by atoms with Gasteiger partial charge in [-0.3, -0.25) is 0 Å². The number of pyridine rings is 1. The Bertz CT molecular complexity index is 446. The minimum atomic E-state index is 0.206. The summed E-state index contributed by atoms with van der Waals surface area (Å²) in [6.07, 6.45) is 1.66. The molecule has 2 heterocycles. The van der Waals surface area contributed by atoms with Gasteiger partial charge >= 0.3 is 0 Å². The van der Waals surface area contributed by atoms with Gasteiger partial charge in [0.1, 0.15) is 11.6 Å². The number of aromatic nitrogens is 3. The third-order valence-electron chi connectivity index (χ3n) is 1.54. The molecule has 0 aromatic carbocycles. The monoisotopic (exact) mass is 273 g/mol. The highest BCUT2D eigenvalue weighted by Crippen LogP contribution is 2.24. The Balaban J connectivity index is 2.44. The van der Waals surface area contributed by atoms with Gasteiger partial charge in [0.25, 0.3) is 5.89 Å². The summed E-state index contributed by atoms with van der Waals surface area (Å²) in [5.74, 6) is 0.963. The molecule has 14 heavy (non-hydrogen) atoms. The van der Waals surface area contributed by atoms with Gasteiger partial charge in [0, 0.05) is 10.7 Å². The molecule has 0 saturated heterocycles. The fourth-order valence-corrected chi connectivity index (χ4v) is 1.48. The van der Waals surface area contributed by atoms with Crippen LogP contribution in [0.5, 0.6) is 0 Å². The lowest BCUT2D eigenvalue weighted by Gasteiger charge is -1.95. The molecule has 72 valence electrons. The van der Waals surface area contributed by atoms with Crippen molar-refractivity contribution in [2.75, 3.05) is 0 Å². The summed E-state index contributed by atoms with van der Waals surface area (Å²) in [6, 6.07) is 3.67. The highest BCUT2D eigenvalue weighted by molar-refractivity contribution is 9.10. The first-order valence-corrected chi connectivity index (χ1v) is 5.13. The summed E-state index contributed by atoms with van der Waals surface area (Å²) < 4.78 is 6.06. The molecule has 0 bridgehead atoms. The quantitative estimate of drug-likeness (QED) is 0.790. The van der Waals surface area contributed by atoms with Gasteiger partial charge < -0.3 is 4.42 Å². The zero-order valence-corrected chi connectivity index (χ0v) is 9.29. The molecule has 0 aliphatic heterocycles. The first-order chi connectivity index (χ1) is 6.81. The lowest BCUT2D eigenvalue weighted by Crippen LogP contribution is -1.83. The zero-order valence-electron chi connectivity index (χ0n) is 6.94. The van der Waals surface area contributed by atoms with Gasteiger partial charge in [0.15, 0.2) is 0 Å². The number of rotatable bonds is 2. The van der Waals surface area contributed by atoms with Crippen molar-refractivity contribution < 1.29 is 4.42 Å². The van der Waals surface area contributed by atoms with Gasteiger partial charge in [-0.25, -0.2) is 4.98 Å². The molecule has 0 unspecified atom stereocenters. The maximum atomic E-state index is 5.54. The Hall–Kier alpha value is -0.940. The van der Waals surface area contributed by atoms with Crippen molar-refractivity contribution >= 4 is 27.5 Å². The number of halogens is 2. The van der Waals surface area contributed by atoms with Gasteiger partial charge in [-0.05, 0) is 28.1 Å². The Kier molecular flexibility index (Phi) is 2.79. The van der Waals surface area contributed by atoms with Crippen molar-refractivity contribution in [1.82, 2.24) is 15.2 Å². The highest BCUT2D eigenvalue weighted by atomic mass is 79.9. The van der Waals surface area contributed by atoms with Crippen LogP contribution in [-0.4, -0.2) is 15.2 Å². The van der Waals surface area contributed by atoms with Crippen molar-refractivity contribution in [2.24, 2.45) is 0 Å². The molecule has 2 aromatic heterocycles. The molecular weight excluding hydrogens is 269 g/mol. The summed E-state index contributed by atoms with van der Waals surface area (Å²) in [5.41, 5.74) is 0.622. The van der Waals surface area contributed by atoms with E-state index < -0.39 is 0 Å². The van der Waals surface area contributed by atoms with Gasteiger partial charge in [-0.2, -0.15) is 0 Å². The Morgan fingerprint density at radius 1 is 1.43 bits per heavy atom. The van der Waals surface area contributed by atoms with Crippen LogP contribution in [0.3, 0.4) is 0 Å². The Morgan fingerprint density at radius 3 is 2.93 bits per heavy atom. The molecule has 0 saturated carbocycles. The molecule has 0 aliphatic carbocycles. The molecule has 0 atom stereocenters. The average Bonchev–Trinajstić information content (AvgIpc) is 2.67. The number of hydrogen-bond acceptors (Lipinski definition) is 4. The molecule has 0 spiro atoms. The van der Waals surface area contributed by atoms with E-state index in [1.807, 2.05) is 12.1 Å². The standard InChI is InChI=1S/C8H5BrClN3O/c9-5-2-1-3-11-7(5)8-13-12-6(4-10)14-8/h1-3H,4H2. The van der Waals surface area contributed by atoms with E-state index in [2.05, 4.69) is 31.1 Å². The summed E-state index contributed by atoms with van der Waals surface area (Å²) >= 11 is 8.88. The maximum Gasteiger partial charge on any atom is 0.267 e. The van der Waals surface area contributed by atoms with E-state index in [9.17, 15) is 0 Å². The molecule has 0 N–H and O–H groups in total. The lowest BCUT2D eigenvalue weighted by atomic mass is 10.3. The van der Waals surface area contributed by atoms with Crippen molar-refractivity contribution in [3.05, 3.63) is 28.7 Å². The van der Waals surface area contributed by atoms with Crippen LogP contribution in [0, 0.1) is 0 Å².